The normalized spacial score (nSPS) is 18.0. The lowest BCUT2D eigenvalue weighted by molar-refractivity contribution is 0.347. The summed E-state index contributed by atoms with van der Waals surface area (Å²) < 4.78 is 0. The summed E-state index contributed by atoms with van der Waals surface area (Å²) in [7, 11) is 0. The molecule has 0 saturated heterocycles. The van der Waals surface area contributed by atoms with E-state index in [0.29, 0.717) is 11.2 Å². The summed E-state index contributed by atoms with van der Waals surface area (Å²) in [5.41, 5.74) is 5.76. The highest BCUT2D eigenvalue weighted by molar-refractivity contribution is 7.80. The fourth-order valence-electron chi connectivity index (χ4n) is 2.07. The Morgan fingerprint density at radius 3 is 2.33 bits per heavy atom. The molecule has 0 aliphatic heterocycles. The monoisotopic (exact) mass is 313 g/mol. The van der Waals surface area contributed by atoms with Crippen LogP contribution in [0.2, 0.25) is 0 Å². The van der Waals surface area contributed by atoms with Crippen LogP contribution in [0.3, 0.4) is 0 Å². The molecule has 1 saturated carbocycles. The predicted octanol–water partition coefficient (Wildman–Crippen LogP) is 3.66. The first kappa shape index (κ1) is 18.3. The highest BCUT2D eigenvalue weighted by atomic mass is 32.1. The van der Waals surface area contributed by atoms with Crippen molar-refractivity contribution in [2.24, 2.45) is 10.2 Å². The van der Waals surface area contributed by atoms with Crippen LogP contribution in [0.1, 0.15) is 73.1 Å². The molecule has 3 N–H and O–H groups in total. The third-order valence-electron chi connectivity index (χ3n) is 3.86. The highest BCUT2D eigenvalue weighted by Crippen LogP contribution is 2.21. The topological polar surface area (TPSA) is 60.8 Å². The molecule has 0 spiro atoms. The number of nitrogens with zero attached hydrogens (tertiary/aromatic N) is 2. The Bertz CT molecular complexity index is 359. The number of thiocarbonyl (C=S) groups is 1. The quantitative estimate of drug-likeness (QED) is 0.398. The summed E-state index contributed by atoms with van der Waals surface area (Å²) >= 11 is 5.30. The summed E-state index contributed by atoms with van der Waals surface area (Å²) in [4.78, 5) is 0. The van der Waals surface area contributed by atoms with E-state index < -0.39 is 5.66 Å². The van der Waals surface area contributed by atoms with E-state index >= 15 is 0 Å². The molecule has 5 nitrogen and oxygen atoms in total. The maximum atomic E-state index is 5.30. The molecule has 1 aliphatic carbocycles. The molecule has 0 heterocycles. The van der Waals surface area contributed by atoms with Gasteiger partial charge in [0.15, 0.2) is 5.11 Å². The van der Waals surface area contributed by atoms with Crippen LogP contribution in [0, 0.1) is 0 Å². The Morgan fingerprint density at radius 1 is 1.14 bits per heavy atom. The Balaban J connectivity index is 2.39. The molecule has 0 amide bonds. The fourth-order valence-corrected chi connectivity index (χ4v) is 2.37. The number of nitrogens with one attached hydrogen (secondary N) is 3. The van der Waals surface area contributed by atoms with Gasteiger partial charge in [0.2, 0.25) is 0 Å². The maximum absolute atomic E-state index is 5.30. The van der Waals surface area contributed by atoms with Crippen LogP contribution in [-0.4, -0.2) is 22.4 Å². The first-order chi connectivity index (χ1) is 9.74. The molecule has 6 heteroatoms. The van der Waals surface area contributed by atoms with Gasteiger partial charge in [-0.25, -0.2) is 5.43 Å². The summed E-state index contributed by atoms with van der Waals surface area (Å²) in [6.07, 6.45) is 7.21. The number of hydrazine groups is 1. The number of azo groups is 1. The third kappa shape index (κ3) is 7.71. The van der Waals surface area contributed by atoms with Crippen LogP contribution in [0.4, 0.5) is 0 Å². The van der Waals surface area contributed by atoms with E-state index in [2.05, 4.69) is 47.2 Å². The summed E-state index contributed by atoms with van der Waals surface area (Å²) in [6.45, 7) is 10.3. The van der Waals surface area contributed by atoms with Gasteiger partial charge in [0.05, 0.1) is 6.04 Å². The van der Waals surface area contributed by atoms with E-state index in [0.717, 1.165) is 19.3 Å². The Kier molecular flexibility index (Phi) is 7.00. The largest absolute Gasteiger partial charge is 0.336 e. The Morgan fingerprint density at radius 2 is 1.76 bits per heavy atom. The Labute approximate surface area is 134 Å². The van der Waals surface area contributed by atoms with Crippen molar-refractivity contribution >= 4 is 17.3 Å². The maximum Gasteiger partial charge on any atom is 0.182 e. The molecule has 0 aromatic rings. The average Bonchev–Trinajstić information content (AvgIpc) is 2.44. The predicted molar refractivity (Wildman–Crippen MR) is 92.2 cm³/mol. The second-order valence-electron chi connectivity index (χ2n) is 7.01. The van der Waals surface area contributed by atoms with Crippen molar-refractivity contribution in [2.45, 2.75) is 90.4 Å². The van der Waals surface area contributed by atoms with Gasteiger partial charge >= 0.3 is 0 Å². The first-order valence-corrected chi connectivity index (χ1v) is 8.42. The van der Waals surface area contributed by atoms with Gasteiger partial charge in [-0.15, -0.1) is 0 Å². The lowest BCUT2D eigenvalue weighted by Gasteiger charge is -2.28. The lowest BCUT2D eigenvalue weighted by atomic mass is 9.96. The molecule has 0 unspecified atom stereocenters. The molecule has 21 heavy (non-hydrogen) atoms. The molecule has 1 aliphatic rings. The Hall–Kier alpha value is -0.750. The fraction of sp³-hybridized carbons (Fsp3) is 0.933. The van der Waals surface area contributed by atoms with E-state index in [4.69, 9.17) is 12.2 Å². The van der Waals surface area contributed by atoms with Gasteiger partial charge in [-0.05, 0) is 59.2 Å². The van der Waals surface area contributed by atoms with Gasteiger partial charge in [0.25, 0.3) is 0 Å². The van der Waals surface area contributed by atoms with Crippen LogP contribution >= 0.6 is 12.2 Å². The molecule has 0 radical (unpaired) electrons. The van der Waals surface area contributed by atoms with Crippen molar-refractivity contribution in [3.63, 3.8) is 0 Å². The van der Waals surface area contributed by atoms with E-state index in [-0.39, 0.29) is 5.54 Å². The van der Waals surface area contributed by atoms with Gasteiger partial charge in [-0.1, -0.05) is 26.2 Å². The van der Waals surface area contributed by atoms with Crippen LogP contribution in [-0.2, 0) is 0 Å². The molecule has 122 valence electrons. The summed E-state index contributed by atoms with van der Waals surface area (Å²) in [6, 6.07) is 0.388. The van der Waals surface area contributed by atoms with Gasteiger partial charge in [0, 0.05) is 5.54 Å². The number of rotatable bonds is 6. The van der Waals surface area contributed by atoms with Gasteiger partial charge in [-0.2, -0.15) is 10.2 Å². The zero-order valence-corrected chi connectivity index (χ0v) is 14.9. The molecule has 0 atom stereocenters. The lowest BCUT2D eigenvalue weighted by Crippen LogP contribution is -2.56. The van der Waals surface area contributed by atoms with Gasteiger partial charge in [0.1, 0.15) is 5.66 Å². The molecule has 0 bridgehead atoms. The standard InChI is InChI=1S/C15H31N5S/c1-6-14(2,3)19-18-13(21)16-15(4,5)20-17-12-10-8-7-9-11-12/h12,19H,6-11H2,1-5H3,(H2,16,18,21). The molecule has 0 aromatic carbocycles. The minimum Gasteiger partial charge on any atom is -0.336 e. The zero-order chi connectivity index (χ0) is 15.9. The van der Waals surface area contributed by atoms with Crippen molar-refractivity contribution < 1.29 is 0 Å². The minimum absolute atomic E-state index is 0.000498. The van der Waals surface area contributed by atoms with Crippen LogP contribution in [0.15, 0.2) is 10.2 Å². The second-order valence-corrected chi connectivity index (χ2v) is 7.42. The van der Waals surface area contributed by atoms with Gasteiger partial charge < -0.3 is 5.32 Å². The molecular weight excluding hydrogens is 282 g/mol. The molecule has 0 aromatic heterocycles. The number of hydrogen-bond donors (Lipinski definition) is 3. The van der Waals surface area contributed by atoms with Crippen molar-refractivity contribution in [1.29, 1.82) is 0 Å². The van der Waals surface area contributed by atoms with Crippen molar-refractivity contribution in [3.8, 4) is 0 Å². The number of hydrogen-bond acceptors (Lipinski definition) is 4. The molecule has 1 fully saturated rings. The highest BCUT2D eigenvalue weighted by Gasteiger charge is 2.21. The van der Waals surface area contributed by atoms with E-state index in [1.807, 2.05) is 13.8 Å². The first-order valence-electron chi connectivity index (χ1n) is 8.01. The minimum atomic E-state index is -0.487. The van der Waals surface area contributed by atoms with E-state index in [1.165, 1.54) is 19.3 Å². The zero-order valence-electron chi connectivity index (χ0n) is 14.1. The SMILES string of the molecule is CCC(C)(C)NNC(=S)NC(C)(C)N=NC1CCCCC1. The van der Waals surface area contributed by atoms with Crippen LogP contribution in [0.5, 0.6) is 0 Å². The van der Waals surface area contributed by atoms with Crippen LogP contribution < -0.4 is 16.2 Å². The van der Waals surface area contributed by atoms with Crippen molar-refractivity contribution in [3.05, 3.63) is 0 Å². The van der Waals surface area contributed by atoms with E-state index in [1.54, 1.807) is 0 Å². The van der Waals surface area contributed by atoms with E-state index in [9.17, 15) is 0 Å². The smallest absolute Gasteiger partial charge is 0.182 e. The molecular formula is C15H31N5S. The average molecular weight is 314 g/mol. The summed E-state index contributed by atoms with van der Waals surface area (Å²) in [5, 5.41) is 12.7. The third-order valence-corrected chi connectivity index (χ3v) is 4.07. The van der Waals surface area contributed by atoms with Crippen LogP contribution in [0.25, 0.3) is 0 Å². The van der Waals surface area contributed by atoms with Crippen molar-refractivity contribution in [1.82, 2.24) is 16.2 Å². The summed E-state index contributed by atoms with van der Waals surface area (Å²) in [5.74, 6) is 0. The van der Waals surface area contributed by atoms with Crippen molar-refractivity contribution in [2.75, 3.05) is 0 Å². The van der Waals surface area contributed by atoms with Gasteiger partial charge in [-0.3, -0.25) is 5.43 Å². The second kappa shape index (κ2) is 8.03. The molecule has 1 rings (SSSR count).